The van der Waals surface area contributed by atoms with E-state index in [1.165, 1.54) is 31.6 Å². The van der Waals surface area contributed by atoms with Crippen molar-refractivity contribution in [3.63, 3.8) is 0 Å². The molecule has 0 aliphatic carbocycles. The molecule has 1 aromatic carbocycles. The van der Waals surface area contributed by atoms with Crippen LogP contribution in [0.1, 0.15) is 29.1 Å². The molecule has 100 valence electrons. The van der Waals surface area contributed by atoms with Gasteiger partial charge in [0.15, 0.2) is 5.76 Å². The molecule has 1 aromatic heterocycles. The van der Waals surface area contributed by atoms with E-state index in [1.54, 1.807) is 19.1 Å². The number of halogens is 1. The lowest BCUT2D eigenvalue weighted by Crippen LogP contribution is -2.26. The van der Waals surface area contributed by atoms with Crippen molar-refractivity contribution in [1.29, 1.82) is 0 Å². The van der Waals surface area contributed by atoms with Gasteiger partial charge in [-0.2, -0.15) is 0 Å². The average Bonchev–Trinajstić information content (AvgIpc) is 2.92. The summed E-state index contributed by atoms with van der Waals surface area (Å²) < 4.78 is 23.4. The number of ether oxygens (including phenoxy) is 1. The fourth-order valence-electron chi connectivity index (χ4n) is 1.80. The molecule has 1 atom stereocenters. The largest absolute Gasteiger partial charge is 0.496 e. The van der Waals surface area contributed by atoms with Crippen molar-refractivity contribution >= 4 is 5.91 Å². The Hall–Kier alpha value is -2.30. The highest BCUT2D eigenvalue weighted by Crippen LogP contribution is 2.26. The molecular formula is C14H14FNO3. The number of carbonyl (C=O) groups is 1. The normalized spacial score (nSPS) is 11.9. The summed E-state index contributed by atoms with van der Waals surface area (Å²) in [7, 11) is 1.50. The third-order valence-electron chi connectivity index (χ3n) is 2.75. The molecule has 5 heteroatoms. The zero-order valence-corrected chi connectivity index (χ0v) is 10.6. The highest BCUT2D eigenvalue weighted by atomic mass is 19.1. The van der Waals surface area contributed by atoms with E-state index in [0.717, 1.165) is 0 Å². The third kappa shape index (κ3) is 2.93. The molecule has 1 heterocycles. The second-order valence-electron chi connectivity index (χ2n) is 4.06. The number of hydrogen-bond acceptors (Lipinski definition) is 3. The molecule has 1 N–H and O–H groups in total. The second-order valence-corrected chi connectivity index (χ2v) is 4.06. The maximum atomic E-state index is 13.3. The minimum Gasteiger partial charge on any atom is -0.496 e. The molecule has 0 saturated carbocycles. The van der Waals surface area contributed by atoms with E-state index in [9.17, 15) is 9.18 Å². The minimum absolute atomic E-state index is 0.210. The van der Waals surface area contributed by atoms with Crippen LogP contribution >= 0.6 is 0 Å². The number of hydrogen-bond donors (Lipinski definition) is 1. The summed E-state index contributed by atoms with van der Waals surface area (Å²) in [5.74, 6) is -0.00502. The zero-order valence-electron chi connectivity index (χ0n) is 10.6. The molecule has 2 rings (SSSR count). The quantitative estimate of drug-likeness (QED) is 0.922. The standard InChI is InChI=1S/C14H14FNO3/c1-9(16-14(17)13-4-3-7-19-13)11-8-10(15)5-6-12(11)18-2/h3-9H,1-2H3,(H,16,17). The van der Waals surface area contributed by atoms with Crippen LogP contribution in [-0.2, 0) is 0 Å². The minimum atomic E-state index is -0.400. The van der Waals surface area contributed by atoms with Gasteiger partial charge in [0.1, 0.15) is 11.6 Å². The van der Waals surface area contributed by atoms with Gasteiger partial charge in [-0.15, -0.1) is 0 Å². The molecule has 0 bridgehead atoms. The van der Waals surface area contributed by atoms with Crippen molar-refractivity contribution in [3.05, 3.63) is 53.7 Å². The van der Waals surface area contributed by atoms with E-state index in [0.29, 0.717) is 11.3 Å². The Morgan fingerprint density at radius 1 is 1.42 bits per heavy atom. The molecule has 0 radical (unpaired) electrons. The summed E-state index contributed by atoms with van der Waals surface area (Å²) >= 11 is 0. The first-order valence-corrected chi connectivity index (χ1v) is 5.79. The molecule has 1 unspecified atom stereocenters. The van der Waals surface area contributed by atoms with Gasteiger partial charge in [0.2, 0.25) is 0 Å². The third-order valence-corrected chi connectivity index (χ3v) is 2.75. The molecular weight excluding hydrogens is 249 g/mol. The summed E-state index contributed by atoms with van der Waals surface area (Å²) in [6.45, 7) is 1.75. The highest BCUT2D eigenvalue weighted by Gasteiger charge is 2.17. The Bertz CT molecular complexity index is 566. The molecule has 0 spiro atoms. The van der Waals surface area contributed by atoms with E-state index in [2.05, 4.69) is 5.32 Å². The van der Waals surface area contributed by atoms with Gasteiger partial charge in [-0.1, -0.05) is 0 Å². The number of nitrogens with one attached hydrogen (secondary N) is 1. The van der Waals surface area contributed by atoms with Gasteiger partial charge in [-0.05, 0) is 37.3 Å². The number of furan rings is 1. The SMILES string of the molecule is COc1ccc(F)cc1C(C)NC(=O)c1ccco1. The monoisotopic (exact) mass is 263 g/mol. The highest BCUT2D eigenvalue weighted by molar-refractivity contribution is 5.91. The Morgan fingerprint density at radius 2 is 2.21 bits per heavy atom. The maximum Gasteiger partial charge on any atom is 0.287 e. The first kappa shape index (κ1) is 13.1. The topological polar surface area (TPSA) is 51.5 Å². The van der Waals surface area contributed by atoms with Gasteiger partial charge in [0.05, 0.1) is 19.4 Å². The fourth-order valence-corrected chi connectivity index (χ4v) is 1.80. The van der Waals surface area contributed by atoms with Crippen molar-refractivity contribution in [2.45, 2.75) is 13.0 Å². The lowest BCUT2D eigenvalue weighted by Gasteiger charge is -2.16. The van der Waals surface area contributed by atoms with Crippen LogP contribution in [0.4, 0.5) is 4.39 Å². The molecule has 0 fully saturated rings. The lowest BCUT2D eigenvalue weighted by molar-refractivity contribution is 0.0911. The second kappa shape index (κ2) is 5.56. The van der Waals surface area contributed by atoms with Gasteiger partial charge in [0.25, 0.3) is 5.91 Å². The van der Waals surface area contributed by atoms with E-state index < -0.39 is 6.04 Å². The predicted octanol–water partition coefficient (Wildman–Crippen LogP) is 2.92. The molecule has 4 nitrogen and oxygen atoms in total. The van der Waals surface area contributed by atoms with Crippen LogP contribution in [0.15, 0.2) is 41.0 Å². The van der Waals surface area contributed by atoms with Crippen molar-refractivity contribution in [3.8, 4) is 5.75 Å². The molecule has 0 saturated heterocycles. The van der Waals surface area contributed by atoms with Crippen molar-refractivity contribution < 1.29 is 18.3 Å². The first-order valence-electron chi connectivity index (χ1n) is 5.79. The van der Waals surface area contributed by atoms with E-state index in [1.807, 2.05) is 0 Å². The van der Waals surface area contributed by atoms with Crippen LogP contribution < -0.4 is 10.1 Å². The fraction of sp³-hybridized carbons (Fsp3) is 0.214. The Morgan fingerprint density at radius 3 is 2.84 bits per heavy atom. The van der Waals surface area contributed by atoms with Crippen LogP contribution in [0.3, 0.4) is 0 Å². The number of amides is 1. The lowest BCUT2D eigenvalue weighted by atomic mass is 10.1. The van der Waals surface area contributed by atoms with Crippen LogP contribution in [0.25, 0.3) is 0 Å². The number of rotatable bonds is 4. The Kier molecular flexibility index (Phi) is 3.85. The predicted molar refractivity (Wildman–Crippen MR) is 67.5 cm³/mol. The van der Waals surface area contributed by atoms with Crippen LogP contribution in [-0.4, -0.2) is 13.0 Å². The smallest absolute Gasteiger partial charge is 0.287 e. The van der Waals surface area contributed by atoms with Crippen molar-refractivity contribution in [2.75, 3.05) is 7.11 Å². The summed E-state index contributed by atoms with van der Waals surface area (Å²) in [6, 6.07) is 6.96. The van der Waals surface area contributed by atoms with Crippen LogP contribution in [0, 0.1) is 5.82 Å². The summed E-state index contributed by atoms with van der Waals surface area (Å²) in [6.07, 6.45) is 1.42. The van der Waals surface area contributed by atoms with Gasteiger partial charge in [-0.3, -0.25) is 4.79 Å². The van der Waals surface area contributed by atoms with E-state index in [-0.39, 0.29) is 17.5 Å². The summed E-state index contributed by atoms with van der Waals surface area (Å²) in [5, 5.41) is 2.72. The van der Waals surface area contributed by atoms with E-state index in [4.69, 9.17) is 9.15 Å². The van der Waals surface area contributed by atoms with Gasteiger partial charge >= 0.3 is 0 Å². The number of methoxy groups -OCH3 is 1. The number of carbonyl (C=O) groups excluding carboxylic acids is 1. The summed E-state index contributed by atoms with van der Waals surface area (Å²) in [5.41, 5.74) is 0.572. The number of benzene rings is 1. The molecule has 0 aliphatic rings. The molecule has 0 aliphatic heterocycles. The maximum absolute atomic E-state index is 13.3. The zero-order chi connectivity index (χ0) is 13.8. The van der Waals surface area contributed by atoms with Crippen molar-refractivity contribution in [1.82, 2.24) is 5.32 Å². The average molecular weight is 263 g/mol. The van der Waals surface area contributed by atoms with Gasteiger partial charge in [0, 0.05) is 5.56 Å². The van der Waals surface area contributed by atoms with Crippen molar-refractivity contribution in [2.24, 2.45) is 0 Å². The Balaban J connectivity index is 2.18. The molecule has 1 amide bonds. The molecule has 19 heavy (non-hydrogen) atoms. The van der Waals surface area contributed by atoms with Gasteiger partial charge in [-0.25, -0.2) is 4.39 Å². The van der Waals surface area contributed by atoms with Gasteiger partial charge < -0.3 is 14.5 Å². The van der Waals surface area contributed by atoms with Crippen LogP contribution in [0.5, 0.6) is 5.75 Å². The molecule has 2 aromatic rings. The first-order chi connectivity index (χ1) is 9.11. The van der Waals surface area contributed by atoms with Crippen LogP contribution in [0.2, 0.25) is 0 Å². The van der Waals surface area contributed by atoms with E-state index >= 15 is 0 Å². The Labute approximate surface area is 110 Å². The summed E-state index contributed by atoms with van der Waals surface area (Å²) in [4.78, 5) is 11.8.